The molecule has 2 rings (SSSR count). The summed E-state index contributed by atoms with van der Waals surface area (Å²) in [7, 11) is -1.93. The van der Waals surface area contributed by atoms with Crippen LogP contribution in [0.25, 0.3) is 5.57 Å². The third-order valence-corrected chi connectivity index (χ3v) is 9.76. The molecule has 1 aromatic heterocycles. The molecular formula is C22H28ClNO4Si. The minimum Gasteiger partial charge on any atom is -0.542 e. The molecule has 0 aliphatic heterocycles. The van der Waals surface area contributed by atoms with E-state index in [4.69, 9.17) is 25.9 Å². The van der Waals surface area contributed by atoms with Gasteiger partial charge in [-0.05, 0) is 66.9 Å². The molecule has 0 unspecified atom stereocenters. The number of benzene rings is 1. The predicted molar refractivity (Wildman–Crippen MR) is 120 cm³/mol. The van der Waals surface area contributed by atoms with E-state index in [1.165, 1.54) is 0 Å². The first-order valence-corrected chi connectivity index (χ1v) is 12.6. The van der Waals surface area contributed by atoms with Crippen LogP contribution in [0.1, 0.15) is 38.8 Å². The molecule has 29 heavy (non-hydrogen) atoms. The van der Waals surface area contributed by atoms with Crippen molar-refractivity contribution in [1.29, 1.82) is 0 Å². The number of allylic oxidation sites excluding steroid dienone is 1. The first-order valence-electron chi connectivity index (χ1n) is 9.35. The second-order valence-electron chi connectivity index (χ2n) is 8.57. The normalized spacial score (nSPS) is 12.6. The summed E-state index contributed by atoms with van der Waals surface area (Å²) in [4.78, 5) is 15.2. The van der Waals surface area contributed by atoms with Crippen LogP contribution in [0.5, 0.6) is 17.4 Å². The Labute approximate surface area is 178 Å². The lowest BCUT2D eigenvalue weighted by Crippen LogP contribution is -2.43. The average molecular weight is 434 g/mol. The number of ether oxygens (including phenoxy) is 1. The van der Waals surface area contributed by atoms with Gasteiger partial charge in [0.05, 0.1) is 11.2 Å². The number of carbonyl (C=O) groups is 1. The number of aromatic nitrogens is 1. The van der Waals surface area contributed by atoms with Crippen molar-refractivity contribution in [2.75, 3.05) is 0 Å². The second kappa shape index (κ2) is 8.59. The van der Waals surface area contributed by atoms with E-state index in [2.05, 4.69) is 38.8 Å². The van der Waals surface area contributed by atoms with E-state index in [0.29, 0.717) is 22.2 Å². The molecule has 0 saturated heterocycles. The largest absolute Gasteiger partial charge is 0.542 e. The van der Waals surface area contributed by atoms with E-state index in [0.717, 1.165) is 23.0 Å². The topological polar surface area (TPSA) is 68.7 Å². The second-order valence-corrected chi connectivity index (χ2v) is 13.7. The molecule has 1 aromatic carbocycles. The van der Waals surface area contributed by atoms with E-state index in [1.807, 2.05) is 19.1 Å². The minimum atomic E-state index is -1.93. The van der Waals surface area contributed by atoms with Crippen LogP contribution in [-0.4, -0.2) is 24.4 Å². The van der Waals surface area contributed by atoms with E-state index in [1.54, 1.807) is 25.3 Å². The van der Waals surface area contributed by atoms with Crippen molar-refractivity contribution in [2.24, 2.45) is 0 Å². The Bertz CT molecular complexity index is 908. The molecule has 0 saturated carbocycles. The van der Waals surface area contributed by atoms with Crippen LogP contribution in [0.3, 0.4) is 0 Å². The maximum Gasteiger partial charge on any atom is 0.328 e. The molecule has 0 amide bonds. The quantitative estimate of drug-likeness (QED) is 0.405. The molecule has 0 fully saturated rings. The van der Waals surface area contributed by atoms with Crippen LogP contribution in [0, 0.1) is 6.92 Å². The van der Waals surface area contributed by atoms with Crippen molar-refractivity contribution in [3.8, 4) is 17.4 Å². The Morgan fingerprint density at radius 1 is 1.24 bits per heavy atom. The number of rotatable bonds is 6. The third kappa shape index (κ3) is 5.84. The highest BCUT2D eigenvalue weighted by atomic mass is 35.5. The van der Waals surface area contributed by atoms with Crippen molar-refractivity contribution in [1.82, 2.24) is 4.98 Å². The van der Waals surface area contributed by atoms with Gasteiger partial charge in [-0.1, -0.05) is 32.4 Å². The van der Waals surface area contributed by atoms with Crippen molar-refractivity contribution in [3.63, 3.8) is 0 Å². The van der Waals surface area contributed by atoms with Gasteiger partial charge in [0.25, 0.3) is 8.32 Å². The number of carboxylic acids is 1. The molecule has 0 atom stereocenters. The number of hydrogen-bond donors (Lipinski definition) is 1. The summed E-state index contributed by atoms with van der Waals surface area (Å²) in [5, 5.41) is 9.41. The molecular weight excluding hydrogens is 406 g/mol. The summed E-state index contributed by atoms with van der Waals surface area (Å²) in [6.45, 7) is 14.5. The van der Waals surface area contributed by atoms with Crippen LogP contribution >= 0.6 is 11.6 Å². The standard InChI is InChI=1S/C22H28ClNO4Si/c1-14(11-20(25)26)16-10-15(2)21(18(23)12-16)27-19-9-8-17(13-24-19)28-29(6,7)22(3,4)5/h8-13H,1-7H3,(H,25,26). The van der Waals surface area contributed by atoms with Gasteiger partial charge in [-0.2, -0.15) is 0 Å². The fourth-order valence-electron chi connectivity index (χ4n) is 2.40. The third-order valence-electron chi connectivity index (χ3n) is 5.12. The molecule has 1 heterocycles. The number of pyridine rings is 1. The van der Waals surface area contributed by atoms with Crippen molar-refractivity contribution < 1.29 is 19.1 Å². The molecule has 0 aliphatic carbocycles. The minimum absolute atomic E-state index is 0.0990. The highest BCUT2D eigenvalue weighted by Gasteiger charge is 2.39. The first-order chi connectivity index (χ1) is 13.3. The molecule has 7 heteroatoms. The zero-order valence-electron chi connectivity index (χ0n) is 18.0. The molecule has 1 N–H and O–H groups in total. The van der Waals surface area contributed by atoms with Crippen LogP contribution < -0.4 is 9.16 Å². The van der Waals surface area contributed by atoms with Gasteiger partial charge in [-0.3, -0.25) is 0 Å². The summed E-state index contributed by atoms with van der Waals surface area (Å²) in [5.74, 6) is 0.615. The number of nitrogens with zero attached hydrogens (tertiary/aromatic N) is 1. The van der Waals surface area contributed by atoms with Gasteiger partial charge in [-0.25, -0.2) is 9.78 Å². The lowest BCUT2D eigenvalue weighted by atomic mass is 10.0. The Kier molecular flexibility index (Phi) is 6.81. The van der Waals surface area contributed by atoms with Gasteiger partial charge in [0.2, 0.25) is 5.88 Å². The zero-order valence-corrected chi connectivity index (χ0v) is 19.7. The summed E-state index contributed by atoms with van der Waals surface area (Å²) in [6, 6.07) is 7.13. The fraction of sp³-hybridized carbons (Fsp3) is 0.364. The van der Waals surface area contributed by atoms with Crippen LogP contribution in [0.15, 0.2) is 36.5 Å². The SMILES string of the molecule is CC(=CC(=O)O)c1cc(C)c(Oc2ccc(O[Si](C)(C)C(C)(C)C)cn2)c(Cl)c1. The monoisotopic (exact) mass is 433 g/mol. The van der Waals surface area contributed by atoms with E-state index >= 15 is 0 Å². The number of carboxylic acid groups (broad SMARTS) is 1. The summed E-state index contributed by atoms with van der Waals surface area (Å²) in [5.41, 5.74) is 2.13. The molecule has 0 spiro atoms. The zero-order chi connectivity index (χ0) is 22.0. The van der Waals surface area contributed by atoms with E-state index < -0.39 is 14.3 Å². The lowest BCUT2D eigenvalue weighted by molar-refractivity contribution is -0.131. The van der Waals surface area contributed by atoms with Gasteiger partial charge in [-0.15, -0.1) is 0 Å². The van der Waals surface area contributed by atoms with Crippen LogP contribution in [-0.2, 0) is 4.79 Å². The van der Waals surface area contributed by atoms with Gasteiger partial charge in [0, 0.05) is 12.1 Å². The summed E-state index contributed by atoms with van der Waals surface area (Å²) < 4.78 is 12.1. The Hall–Kier alpha value is -2.31. The maximum atomic E-state index is 10.9. The highest BCUT2D eigenvalue weighted by Crippen LogP contribution is 2.38. The smallest absolute Gasteiger partial charge is 0.328 e. The average Bonchev–Trinajstić information content (AvgIpc) is 2.57. The Morgan fingerprint density at radius 2 is 1.90 bits per heavy atom. The number of halogens is 1. The van der Waals surface area contributed by atoms with Gasteiger partial charge < -0.3 is 14.3 Å². The Balaban J connectivity index is 2.21. The number of aryl methyl sites for hydroxylation is 1. The van der Waals surface area contributed by atoms with Crippen molar-refractivity contribution >= 4 is 31.5 Å². The van der Waals surface area contributed by atoms with Gasteiger partial charge >= 0.3 is 5.97 Å². The maximum absolute atomic E-state index is 10.9. The fourth-order valence-corrected chi connectivity index (χ4v) is 3.72. The lowest BCUT2D eigenvalue weighted by Gasteiger charge is -2.36. The molecule has 156 valence electrons. The van der Waals surface area contributed by atoms with Gasteiger partial charge in [0.1, 0.15) is 5.75 Å². The summed E-state index contributed by atoms with van der Waals surface area (Å²) in [6.07, 6.45) is 2.81. The number of aliphatic carboxylic acids is 1. The van der Waals surface area contributed by atoms with E-state index in [9.17, 15) is 4.79 Å². The Morgan fingerprint density at radius 3 is 2.38 bits per heavy atom. The molecule has 2 aromatic rings. The van der Waals surface area contributed by atoms with E-state index in [-0.39, 0.29) is 5.04 Å². The van der Waals surface area contributed by atoms with Crippen LogP contribution in [0.2, 0.25) is 23.2 Å². The van der Waals surface area contributed by atoms with Crippen molar-refractivity contribution in [3.05, 3.63) is 52.7 Å². The van der Waals surface area contributed by atoms with Crippen LogP contribution in [0.4, 0.5) is 0 Å². The van der Waals surface area contributed by atoms with Gasteiger partial charge in [0.15, 0.2) is 5.75 Å². The highest BCUT2D eigenvalue weighted by molar-refractivity contribution is 6.74. The number of hydrogen-bond acceptors (Lipinski definition) is 4. The van der Waals surface area contributed by atoms with Crippen molar-refractivity contribution in [2.45, 2.75) is 52.8 Å². The molecule has 0 bridgehead atoms. The predicted octanol–water partition coefficient (Wildman–Crippen LogP) is 6.71. The summed E-state index contributed by atoms with van der Waals surface area (Å²) >= 11 is 6.39. The first kappa shape index (κ1) is 23.0. The molecule has 5 nitrogen and oxygen atoms in total. The molecule has 0 radical (unpaired) electrons. The molecule has 0 aliphatic rings.